The van der Waals surface area contributed by atoms with Crippen molar-refractivity contribution in [3.05, 3.63) is 16.1 Å². The van der Waals surface area contributed by atoms with Crippen molar-refractivity contribution >= 4 is 23.2 Å². The van der Waals surface area contributed by atoms with Crippen LogP contribution in [0.4, 0.5) is 0 Å². The minimum absolute atomic E-state index is 0.0595. The standard InChI is InChI=1S/C18H25N3O2S/c1-11(15-10-24-17(20-15)12-4-5-12)19-16(22)14-3-2-8-21(9-14)18(23)13-6-7-13/h10-14H,2-9H2,1H3,(H,19,22)/t11-,14-/m0/s1. The first kappa shape index (κ1) is 16.1. The average molecular weight is 347 g/mol. The van der Waals surface area contributed by atoms with Gasteiger partial charge in [-0.1, -0.05) is 0 Å². The van der Waals surface area contributed by atoms with E-state index in [9.17, 15) is 9.59 Å². The van der Waals surface area contributed by atoms with E-state index in [4.69, 9.17) is 0 Å². The summed E-state index contributed by atoms with van der Waals surface area (Å²) < 4.78 is 0. The lowest BCUT2D eigenvalue weighted by molar-refractivity contribution is -0.137. The molecule has 0 radical (unpaired) electrons. The molecular weight excluding hydrogens is 322 g/mol. The summed E-state index contributed by atoms with van der Waals surface area (Å²) in [4.78, 5) is 31.4. The zero-order chi connectivity index (χ0) is 16.7. The number of amides is 2. The van der Waals surface area contributed by atoms with Gasteiger partial charge in [-0.15, -0.1) is 11.3 Å². The first-order valence-corrected chi connectivity index (χ1v) is 10.0. The van der Waals surface area contributed by atoms with Gasteiger partial charge >= 0.3 is 0 Å². The van der Waals surface area contributed by atoms with Gasteiger partial charge < -0.3 is 10.2 Å². The summed E-state index contributed by atoms with van der Waals surface area (Å²) in [6, 6.07) is -0.0595. The van der Waals surface area contributed by atoms with Gasteiger partial charge in [0, 0.05) is 30.3 Å². The maximum absolute atomic E-state index is 12.6. The predicted octanol–water partition coefficient (Wildman–Crippen LogP) is 2.85. The summed E-state index contributed by atoms with van der Waals surface area (Å²) in [6.45, 7) is 3.39. The minimum atomic E-state index is -0.0783. The van der Waals surface area contributed by atoms with E-state index in [0.717, 1.165) is 37.9 Å². The van der Waals surface area contributed by atoms with E-state index >= 15 is 0 Å². The molecule has 0 bridgehead atoms. The molecule has 2 saturated carbocycles. The molecule has 24 heavy (non-hydrogen) atoms. The fourth-order valence-corrected chi connectivity index (χ4v) is 4.49. The van der Waals surface area contributed by atoms with Crippen molar-refractivity contribution in [2.75, 3.05) is 13.1 Å². The van der Waals surface area contributed by atoms with Crippen LogP contribution in [0.1, 0.15) is 68.1 Å². The van der Waals surface area contributed by atoms with Crippen LogP contribution in [-0.4, -0.2) is 34.8 Å². The first-order valence-electron chi connectivity index (χ1n) is 9.16. The third-order valence-electron chi connectivity index (χ3n) is 5.30. The van der Waals surface area contributed by atoms with Gasteiger partial charge in [0.2, 0.25) is 11.8 Å². The maximum atomic E-state index is 12.6. The number of thiazole rings is 1. The third-order valence-corrected chi connectivity index (χ3v) is 6.32. The Kier molecular flexibility index (Phi) is 4.33. The van der Waals surface area contributed by atoms with Crippen LogP contribution in [0.5, 0.6) is 0 Å². The van der Waals surface area contributed by atoms with Crippen molar-refractivity contribution < 1.29 is 9.59 Å². The minimum Gasteiger partial charge on any atom is -0.348 e. The monoisotopic (exact) mass is 347 g/mol. The van der Waals surface area contributed by atoms with E-state index in [1.165, 1.54) is 17.8 Å². The van der Waals surface area contributed by atoms with Crippen molar-refractivity contribution in [1.29, 1.82) is 0 Å². The van der Waals surface area contributed by atoms with Gasteiger partial charge in [0.25, 0.3) is 0 Å². The van der Waals surface area contributed by atoms with E-state index in [1.807, 2.05) is 11.8 Å². The normalized spacial score (nSPS) is 25.4. The van der Waals surface area contributed by atoms with Gasteiger partial charge in [0.15, 0.2) is 0 Å². The lowest BCUT2D eigenvalue weighted by Crippen LogP contribution is -2.46. The lowest BCUT2D eigenvalue weighted by atomic mass is 9.96. The maximum Gasteiger partial charge on any atom is 0.225 e. The van der Waals surface area contributed by atoms with Crippen molar-refractivity contribution in [3.8, 4) is 0 Å². The van der Waals surface area contributed by atoms with E-state index in [0.29, 0.717) is 12.5 Å². The SMILES string of the molecule is C[C@H](NC(=O)[C@H]1CCCN(C(=O)C2CC2)C1)c1csc(C2CC2)n1. The summed E-state index contributed by atoms with van der Waals surface area (Å²) in [5, 5.41) is 6.39. The van der Waals surface area contributed by atoms with Crippen molar-refractivity contribution in [3.63, 3.8) is 0 Å². The number of carbonyl (C=O) groups excluding carboxylic acids is 2. The topological polar surface area (TPSA) is 62.3 Å². The van der Waals surface area contributed by atoms with Gasteiger partial charge in [0.05, 0.1) is 22.7 Å². The highest BCUT2D eigenvalue weighted by molar-refractivity contribution is 7.09. The van der Waals surface area contributed by atoms with E-state index in [1.54, 1.807) is 11.3 Å². The van der Waals surface area contributed by atoms with Crippen LogP contribution in [0.25, 0.3) is 0 Å². The van der Waals surface area contributed by atoms with Crippen LogP contribution in [-0.2, 0) is 9.59 Å². The molecule has 1 aliphatic heterocycles. The highest BCUT2D eigenvalue weighted by Crippen LogP contribution is 2.41. The Labute approximate surface area is 146 Å². The Morgan fingerprint density at radius 3 is 2.75 bits per heavy atom. The number of nitrogens with one attached hydrogen (secondary N) is 1. The van der Waals surface area contributed by atoms with Crippen LogP contribution in [0, 0.1) is 11.8 Å². The Morgan fingerprint density at radius 2 is 2.04 bits per heavy atom. The number of rotatable bonds is 5. The second kappa shape index (κ2) is 6.47. The van der Waals surface area contributed by atoms with Crippen LogP contribution in [0.15, 0.2) is 5.38 Å². The number of hydrogen-bond donors (Lipinski definition) is 1. The van der Waals surface area contributed by atoms with Gasteiger partial charge in [-0.3, -0.25) is 9.59 Å². The Morgan fingerprint density at radius 1 is 1.25 bits per heavy atom. The van der Waals surface area contributed by atoms with Crippen molar-refractivity contribution in [2.45, 2.75) is 57.4 Å². The van der Waals surface area contributed by atoms with Crippen LogP contribution in [0.2, 0.25) is 0 Å². The molecule has 1 saturated heterocycles. The number of likely N-dealkylation sites (tertiary alicyclic amines) is 1. The second-order valence-corrected chi connectivity index (χ2v) is 8.40. The summed E-state index contributed by atoms with van der Waals surface area (Å²) in [6.07, 6.45) is 6.35. The highest BCUT2D eigenvalue weighted by atomic mass is 32.1. The zero-order valence-corrected chi connectivity index (χ0v) is 15.0. The average Bonchev–Trinajstić information content (AvgIpc) is 3.53. The Bertz CT molecular complexity index is 636. The van der Waals surface area contributed by atoms with Crippen molar-refractivity contribution in [1.82, 2.24) is 15.2 Å². The molecule has 2 atom stereocenters. The molecule has 5 nitrogen and oxygen atoms in total. The molecule has 0 aromatic carbocycles. The quantitative estimate of drug-likeness (QED) is 0.891. The molecule has 6 heteroatoms. The van der Waals surface area contributed by atoms with E-state index in [-0.39, 0.29) is 29.7 Å². The molecule has 0 unspecified atom stereocenters. The van der Waals surface area contributed by atoms with Crippen LogP contribution >= 0.6 is 11.3 Å². The molecule has 2 amide bonds. The van der Waals surface area contributed by atoms with E-state index < -0.39 is 0 Å². The molecule has 4 rings (SSSR count). The predicted molar refractivity (Wildman–Crippen MR) is 92.7 cm³/mol. The lowest BCUT2D eigenvalue weighted by Gasteiger charge is -2.32. The highest BCUT2D eigenvalue weighted by Gasteiger charge is 2.37. The summed E-state index contributed by atoms with van der Waals surface area (Å²) >= 11 is 1.71. The molecule has 2 aliphatic carbocycles. The van der Waals surface area contributed by atoms with Crippen LogP contribution in [0.3, 0.4) is 0 Å². The molecule has 0 spiro atoms. The van der Waals surface area contributed by atoms with Gasteiger partial charge in [-0.05, 0) is 45.4 Å². The Hall–Kier alpha value is -1.43. The Balaban J connectivity index is 1.33. The number of carbonyl (C=O) groups is 2. The molecule has 1 aromatic heterocycles. The number of piperidine rings is 1. The molecule has 3 aliphatic rings. The van der Waals surface area contributed by atoms with Gasteiger partial charge in [0.1, 0.15) is 0 Å². The van der Waals surface area contributed by atoms with Crippen molar-refractivity contribution in [2.24, 2.45) is 11.8 Å². The molecule has 1 aromatic rings. The van der Waals surface area contributed by atoms with Crippen LogP contribution < -0.4 is 5.32 Å². The number of nitrogens with zero attached hydrogens (tertiary/aromatic N) is 2. The number of aromatic nitrogens is 1. The van der Waals surface area contributed by atoms with E-state index in [2.05, 4.69) is 15.7 Å². The third kappa shape index (κ3) is 3.48. The largest absolute Gasteiger partial charge is 0.348 e. The summed E-state index contributed by atoms with van der Waals surface area (Å²) in [5.74, 6) is 1.14. The number of hydrogen-bond acceptors (Lipinski definition) is 4. The smallest absolute Gasteiger partial charge is 0.225 e. The fourth-order valence-electron chi connectivity index (χ4n) is 3.40. The second-order valence-electron chi connectivity index (χ2n) is 7.51. The summed E-state index contributed by atoms with van der Waals surface area (Å²) in [7, 11) is 0. The molecule has 2 heterocycles. The van der Waals surface area contributed by atoms with Gasteiger partial charge in [-0.2, -0.15) is 0 Å². The fraction of sp³-hybridized carbons (Fsp3) is 0.722. The van der Waals surface area contributed by atoms with Gasteiger partial charge in [-0.25, -0.2) is 4.98 Å². The molecule has 130 valence electrons. The molecular formula is C18H25N3O2S. The zero-order valence-electron chi connectivity index (χ0n) is 14.2. The molecule has 3 fully saturated rings. The summed E-state index contributed by atoms with van der Waals surface area (Å²) in [5.41, 5.74) is 0.969. The molecule has 1 N–H and O–H groups in total. The first-order chi connectivity index (χ1) is 11.6.